The smallest absolute Gasteiger partial charge is 0.249 e. The zero-order valence-electron chi connectivity index (χ0n) is 18.0. The van der Waals surface area contributed by atoms with E-state index in [0.29, 0.717) is 37.4 Å². The van der Waals surface area contributed by atoms with Crippen molar-refractivity contribution in [1.29, 1.82) is 0 Å². The molecule has 0 unspecified atom stereocenters. The van der Waals surface area contributed by atoms with Gasteiger partial charge in [-0.2, -0.15) is 0 Å². The predicted octanol–water partition coefficient (Wildman–Crippen LogP) is 2.63. The monoisotopic (exact) mass is 430 g/mol. The molecule has 0 bridgehead atoms. The molecule has 0 spiro atoms. The molecule has 8 nitrogen and oxygen atoms in total. The minimum absolute atomic E-state index is 0.0136. The lowest BCUT2D eigenvalue weighted by molar-refractivity contribution is -0.130. The first-order valence-electron chi connectivity index (χ1n) is 10.5. The van der Waals surface area contributed by atoms with Gasteiger partial charge < -0.3 is 21.7 Å². The summed E-state index contributed by atoms with van der Waals surface area (Å²) in [6, 6.07) is 7.71. The lowest BCUT2D eigenvalue weighted by Gasteiger charge is -2.28. The van der Waals surface area contributed by atoms with Crippen LogP contribution < -0.4 is 16.8 Å². The molecule has 8 heteroatoms. The number of pyridine rings is 2. The number of aromatic nitrogens is 2. The van der Waals surface area contributed by atoms with E-state index < -0.39 is 0 Å². The largest absolute Gasteiger partial charge is 0.398 e. The summed E-state index contributed by atoms with van der Waals surface area (Å²) in [7, 11) is 0. The van der Waals surface area contributed by atoms with Crippen molar-refractivity contribution in [2.75, 3.05) is 30.7 Å². The second-order valence-corrected chi connectivity index (χ2v) is 7.92. The number of carbonyl (C=O) groups is 2. The van der Waals surface area contributed by atoms with Gasteiger partial charge in [0.2, 0.25) is 11.8 Å². The average molecular weight is 431 g/mol. The molecule has 1 saturated heterocycles. The van der Waals surface area contributed by atoms with Crippen LogP contribution in [0.4, 0.5) is 11.5 Å². The fourth-order valence-corrected chi connectivity index (χ4v) is 3.94. The zero-order valence-corrected chi connectivity index (χ0v) is 18.0. The Balaban J connectivity index is 1.52. The van der Waals surface area contributed by atoms with E-state index in [4.69, 9.17) is 11.5 Å². The van der Waals surface area contributed by atoms with Gasteiger partial charge in [-0.15, -0.1) is 0 Å². The summed E-state index contributed by atoms with van der Waals surface area (Å²) in [4.78, 5) is 34.5. The number of likely N-dealkylation sites (tertiary alicyclic amines) is 1. The number of hydrogen-bond acceptors (Lipinski definition) is 6. The van der Waals surface area contributed by atoms with E-state index in [1.165, 1.54) is 0 Å². The number of carbonyl (C=O) groups excluding carboxylic acids is 2. The molecule has 3 aromatic rings. The molecule has 0 saturated carbocycles. The molecule has 0 radical (unpaired) electrons. The van der Waals surface area contributed by atoms with Crippen LogP contribution in [0.25, 0.3) is 21.9 Å². The van der Waals surface area contributed by atoms with Crippen LogP contribution in [0, 0.1) is 6.92 Å². The van der Waals surface area contributed by atoms with Crippen LogP contribution in [0.1, 0.15) is 18.4 Å². The van der Waals surface area contributed by atoms with E-state index in [2.05, 4.69) is 15.3 Å². The maximum absolute atomic E-state index is 12.5. The SMILES string of the molecule is Cc1ccncc1-c1cc(N)c2cnc(NC(=O)C=C3CCN(C(=O)CN)CC3)cc2c1. The topological polar surface area (TPSA) is 127 Å². The van der Waals surface area contributed by atoms with E-state index in [-0.39, 0.29) is 18.4 Å². The molecular weight excluding hydrogens is 404 g/mol. The number of nitrogens with one attached hydrogen (secondary N) is 1. The molecule has 5 N–H and O–H groups in total. The number of anilines is 2. The minimum Gasteiger partial charge on any atom is -0.398 e. The molecule has 0 aliphatic carbocycles. The van der Waals surface area contributed by atoms with Crippen molar-refractivity contribution in [3.63, 3.8) is 0 Å². The Labute approximate surface area is 186 Å². The maximum Gasteiger partial charge on any atom is 0.249 e. The van der Waals surface area contributed by atoms with Crippen LogP contribution in [0.3, 0.4) is 0 Å². The molecule has 1 aromatic carbocycles. The number of nitrogens with two attached hydrogens (primary N) is 2. The first-order valence-corrected chi connectivity index (χ1v) is 10.5. The Morgan fingerprint density at radius 1 is 1.19 bits per heavy atom. The van der Waals surface area contributed by atoms with Gasteiger partial charge in [-0.3, -0.25) is 14.6 Å². The summed E-state index contributed by atoms with van der Waals surface area (Å²) >= 11 is 0. The molecule has 32 heavy (non-hydrogen) atoms. The third-order valence-electron chi connectivity index (χ3n) is 5.74. The normalized spacial score (nSPS) is 13.8. The standard InChI is InChI=1S/C24H26N6O2/c1-15-2-5-27-13-19(15)17-9-18-11-22(28-14-20(18)21(26)10-17)29-23(31)8-16-3-6-30(7-4-16)24(32)12-25/h2,5,8-11,13-14H,3-4,6-7,12,25-26H2,1H3,(H,28,29,31). The summed E-state index contributed by atoms with van der Waals surface area (Å²) < 4.78 is 0. The summed E-state index contributed by atoms with van der Waals surface area (Å²) in [6.45, 7) is 3.21. The van der Waals surface area contributed by atoms with Crippen LogP contribution >= 0.6 is 0 Å². The number of benzene rings is 1. The number of hydrogen-bond donors (Lipinski definition) is 3. The number of aryl methyl sites for hydroxylation is 1. The number of fused-ring (bicyclic) bond motifs is 1. The van der Waals surface area contributed by atoms with E-state index in [0.717, 1.165) is 33.0 Å². The van der Waals surface area contributed by atoms with Crippen LogP contribution in [0.15, 0.2) is 54.5 Å². The second kappa shape index (κ2) is 9.15. The van der Waals surface area contributed by atoms with Gasteiger partial charge in [0.05, 0.1) is 6.54 Å². The van der Waals surface area contributed by atoms with Crippen LogP contribution in [-0.2, 0) is 9.59 Å². The van der Waals surface area contributed by atoms with Gasteiger partial charge in [-0.05, 0) is 60.5 Å². The van der Waals surface area contributed by atoms with Gasteiger partial charge in [0.15, 0.2) is 0 Å². The number of amides is 2. The van der Waals surface area contributed by atoms with Crippen molar-refractivity contribution in [1.82, 2.24) is 14.9 Å². The highest BCUT2D eigenvalue weighted by molar-refractivity contribution is 6.02. The first-order chi connectivity index (χ1) is 15.4. The van der Waals surface area contributed by atoms with Crippen LogP contribution in [0.5, 0.6) is 0 Å². The summed E-state index contributed by atoms with van der Waals surface area (Å²) in [6.07, 6.45) is 8.17. The number of piperidine rings is 1. The van der Waals surface area contributed by atoms with Crippen molar-refractivity contribution < 1.29 is 9.59 Å². The zero-order chi connectivity index (χ0) is 22.7. The summed E-state index contributed by atoms with van der Waals surface area (Å²) in [5.41, 5.74) is 16.4. The van der Waals surface area contributed by atoms with Crippen molar-refractivity contribution >= 4 is 34.1 Å². The average Bonchev–Trinajstić information content (AvgIpc) is 2.79. The molecule has 0 atom stereocenters. The lowest BCUT2D eigenvalue weighted by atomic mass is 9.99. The molecule has 1 aliphatic heterocycles. The van der Waals surface area contributed by atoms with E-state index in [1.54, 1.807) is 23.4 Å². The number of nitrogens with zero attached hydrogens (tertiary/aromatic N) is 3. The van der Waals surface area contributed by atoms with E-state index in [9.17, 15) is 9.59 Å². The lowest BCUT2D eigenvalue weighted by Crippen LogP contribution is -2.40. The molecule has 2 aromatic heterocycles. The van der Waals surface area contributed by atoms with Gasteiger partial charge in [0.1, 0.15) is 5.82 Å². The van der Waals surface area contributed by atoms with Crippen molar-refractivity contribution in [2.24, 2.45) is 5.73 Å². The quantitative estimate of drug-likeness (QED) is 0.431. The molecule has 4 rings (SSSR count). The molecular formula is C24H26N6O2. The molecule has 3 heterocycles. The first kappa shape index (κ1) is 21.5. The van der Waals surface area contributed by atoms with E-state index in [1.807, 2.05) is 37.4 Å². The third kappa shape index (κ3) is 4.60. The Bertz CT molecular complexity index is 1210. The summed E-state index contributed by atoms with van der Waals surface area (Å²) in [5, 5.41) is 4.54. The highest BCUT2D eigenvalue weighted by atomic mass is 16.2. The molecule has 164 valence electrons. The van der Waals surface area contributed by atoms with Crippen LogP contribution in [-0.4, -0.2) is 46.3 Å². The Morgan fingerprint density at radius 2 is 1.97 bits per heavy atom. The summed E-state index contributed by atoms with van der Waals surface area (Å²) in [5.74, 6) is 0.154. The van der Waals surface area contributed by atoms with Gasteiger partial charge in [0.25, 0.3) is 0 Å². The third-order valence-corrected chi connectivity index (χ3v) is 5.74. The van der Waals surface area contributed by atoms with Gasteiger partial charge in [-0.25, -0.2) is 4.98 Å². The number of rotatable bonds is 4. The van der Waals surface area contributed by atoms with Gasteiger partial charge in [0, 0.05) is 54.4 Å². The molecule has 1 fully saturated rings. The van der Waals surface area contributed by atoms with E-state index >= 15 is 0 Å². The minimum atomic E-state index is -0.238. The molecule has 2 amide bonds. The highest BCUT2D eigenvalue weighted by Gasteiger charge is 2.18. The van der Waals surface area contributed by atoms with Gasteiger partial charge in [-0.1, -0.05) is 5.57 Å². The predicted molar refractivity (Wildman–Crippen MR) is 126 cm³/mol. The maximum atomic E-state index is 12.5. The highest BCUT2D eigenvalue weighted by Crippen LogP contribution is 2.31. The van der Waals surface area contributed by atoms with Crippen molar-refractivity contribution in [2.45, 2.75) is 19.8 Å². The molecule has 1 aliphatic rings. The van der Waals surface area contributed by atoms with Crippen LogP contribution in [0.2, 0.25) is 0 Å². The Kier molecular flexibility index (Phi) is 6.13. The Morgan fingerprint density at radius 3 is 2.69 bits per heavy atom. The van der Waals surface area contributed by atoms with Crippen molar-refractivity contribution in [3.8, 4) is 11.1 Å². The van der Waals surface area contributed by atoms with Gasteiger partial charge >= 0.3 is 0 Å². The van der Waals surface area contributed by atoms with Crippen molar-refractivity contribution in [3.05, 3.63) is 60.1 Å². The fraction of sp³-hybridized carbons (Fsp3) is 0.250. The number of nitrogen functional groups attached to an aromatic ring is 1. The second-order valence-electron chi connectivity index (χ2n) is 7.92. The fourth-order valence-electron chi connectivity index (χ4n) is 3.94. The Hall–Kier alpha value is -3.78.